The second kappa shape index (κ2) is 6.32. The third-order valence-electron chi connectivity index (χ3n) is 3.31. The van der Waals surface area contributed by atoms with E-state index in [1.807, 2.05) is 0 Å². The highest BCUT2D eigenvalue weighted by Gasteiger charge is 2.07. The molecule has 0 atom stereocenters. The first-order chi connectivity index (χ1) is 11.6. The van der Waals surface area contributed by atoms with Crippen molar-refractivity contribution < 1.29 is 9.90 Å². The summed E-state index contributed by atoms with van der Waals surface area (Å²) in [6.45, 7) is 0.336. The van der Waals surface area contributed by atoms with Crippen LogP contribution in [0.3, 0.4) is 0 Å². The molecule has 4 N–H and O–H groups in total. The fourth-order valence-electron chi connectivity index (χ4n) is 2.08. The first-order valence-corrected chi connectivity index (χ1v) is 7.08. The van der Waals surface area contributed by atoms with Gasteiger partial charge in [0.05, 0.1) is 24.0 Å². The van der Waals surface area contributed by atoms with Gasteiger partial charge in [0.15, 0.2) is 11.2 Å². The van der Waals surface area contributed by atoms with Crippen LogP contribution in [0.25, 0.3) is 11.2 Å². The minimum Gasteiger partial charge on any atom is -0.478 e. The van der Waals surface area contributed by atoms with E-state index in [0.717, 1.165) is 5.69 Å². The Morgan fingerprint density at radius 2 is 2.00 bits per heavy atom. The van der Waals surface area contributed by atoms with Crippen LogP contribution in [0.5, 0.6) is 0 Å². The van der Waals surface area contributed by atoms with Crippen molar-refractivity contribution in [3.05, 3.63) is 52.1 Å². The summed E-state index contributed by atoms with van der Waals surface area (Å²) in [5.41, 5.74) is 1.56. The molecule has 3 rings (SSSR count). The second-order valence-corrected chi connectivity index (χ2v) is 4.93. The molecule has 0 amide bonds. The zero-order valence-corrected chi connectivity index (χ0v) is 12.7. The Labute approximate surface area is 135 Å². The van der Waals surface area contributed by atoms with Crippen molar-refractivity contribution in [1.82, 2.24) is 19.9 Å². The predicted molar refractivity (Wildman–Crippen MR) is 88.2 cm³/mol. The highest BCUT2D eigenvalue weighted by molar-refractivity contribution is 5.88. The summed E-state index contributed by atoms with van der Waals surface area (Å²) in [4.78, 5) is 37.9. The summed E-state index contributed by atoms with van der Waals surface area (Å²) >= 11 is 0. The van der Waals surface area contributed by atoms with Gasteiger partial charge in [0.25, 0.3) is 5.56 Å². The van der Waals surface area contributed by atoms with Crippen LogP contribution in [0.4, 0.5) is 11.6 Å². The smallest absolute Gasteiger partial charge is 0.335 e. The Morgan fingerprint density at radius 3 is 2.67 bits per heavy atom. The number of aromatic amines is 1. The van der Waals surface area contributed by atoms with E-state index in [2.05, 4.69) is 30.6 Å². The zero-order valence-electron chi connectivity index (χ0n) is 12.7. The average molecular weight is 326 g/mol. The van der Waals surface area contributed by atoms with Gasteiger partial charge >= 0.3 is 5.97 Å². The third-order valence-corrected chi connectivity index (χ3v) is 3.31. The Bertz CT molecular complexity index is 952. The van der Waals surface area contributed by atoms with E-state index in [9.17, 15) is 9.59 Å². The summed E-state index contributed by atoms with van der Waals surface area (Å²) in [6.07, 6.45) is 1.53. The van der Waals surface area contributed by atoms with Gasteiger partial charge in [-0.15, -0.1) is 0 Å². The predicted octanol–water partition coefficient (Wildman–Crippen LogP) is 1.07. The van der Waals surface area contributed by atoms with E-state index in [4.69, 9.17) is 5.11 Å². The zero-order chi connectivity index (χ0) is 17.1. The number of aromatic nitrogens is 4. The third kappa shape index (κ3) is 3.14. The number of anilines is 2. The van der Waals surface area contributed by atoms with Crippen LogP contribution >= 0.6 is 0 Å². The standard InChI is InChI=1S/C15H14N6O3/c1-16-15-20-12-11(13(22)21-15)19-10(7-18-12)6-17-9-4-2-8(3-5-9)14(23)24/h2-5,7,17H,6H2,1H3,(H,23,24)(H2,16,18,20,21,22). The lowest BCUT2D eigenvalue weighted by molar-refractivity contribution is 0.0697. The maximum Gasteiger partial charge on any atom is 0.335 e. The highest BCUT2D eigenvalue weighted by Crippen LogP contribution is 2.11. The molecule has 2 aromatic heterocycles. The largest absolute Gasteiger partial charge is 0.478 e. The topological polar surface area (TPSA) is 133 Å². The number of aromatic carboxylic acids is 1. The van der Waals surface area contributed by atoms with Gasteiger partial charge in [-0.2, -0.15) is 4.98 Å². The SMILES string of the molecule is CNc1nc2ncc(CNc3ccc(C(=O)O)cc3)nc2c(=O)[nH]1. The van der Waals surface area contributed by atoms with Gasteiger partial charge < -0.3 is 15.7 Å². The van der Waals surface area contributed by atoms with E-state index in [1.165, 1.54) is 18.3 Å². The van der Waals surface area contributed by atoms with E-state index in [1.54, 1.807) is 19.2 Å². The molecule has 0 saturated heterocycles. The summed E-state index contributed by atoms with van der Waals surface area (Å²) in [6, 6.07) is 6.33. The molecule has 0 saturated carbocycles. The summed E-state index contributed by atoms with van der Waals surface area (Å²) < 4.78 is 0. The minimum absolute atomic E-state index is 0.162. The average Bonchev–Trinajstić information content (AvgIpc) is 2.60. The molecule has 0 unspecified atom stereocenters. The maximum absolute atomic E-state index is 12.0. The van der Waals surface area contributed by atoms with Crippen LogP contribution in [0, 0.1) is 0 Å². The van der Waals surface area contributed by atoms with Gasteiger partial charge in [-0.1, -0.05) is 0 Å². The molecule has 0 aliphatic rings. The van der Waals surface area contributed by atoms with Gasteiger partial charge in [0.1, 0.15) is 0 Å². The molecule has 24 heavy (non-hydrogen) atoms. The maximum atomic E-state index is 12.0. The molecule has 122 valence electrons. The lowest BCUT2D eigenvalue weighted by Crippen LogP contribution is -2.15. The number of fused-ring (bicyclic) bond motifs is 1. The molecule has 0 radical (unpaired) electrons. The normalized spacial score (nSPS) is 10.5. The molecule has 0 aliphatic heterocycles. The van der Waals surface area contributed by atoms with E-state index < -0.39 is 5.97 Å². The van der Waals surface area contributed by atoms with Crippen LogP contribution in [0.2, 0.25) is 0 Å². The van der Waals surface area contributed by atoms with Crippen molar-refractivity contribution in [2.45, 2.75) is 6.54 Å². The molecule has 0 bridgehead atoms. The summed E-state index contributed by atoms with van der Waals surface area (Å²) in [5.74, 6) is -0.652. The summed E-state index contributed by atoms with van der Waals surface area (Å²) in [5, 5.41) is 14.7. The van der Waals surface area contributed by atoms with Crippen molar-refractivity contribution in [1.29, 1.82) is 0 Å². The molecule has 2 heterocycles. The van der Waals surface area contributed by atoms with Crippen LogP contribution in [-0.2, 0) is 6.54 Å². The lowest BCUT2D eigenvalue weighted by Gasteiger charge is -2.07. The molecule has 0 aliphatic carbocycles. The fraction of sp³-hybridized carbons (Fsp3) is 0.133. The molecule has 3 aromatic rings. The second-order valence-electron chi connectivity index (χ2n) is 4.93. The Kier molecular flexibility index (Phi) is 4.06. The van der Waals surface area contributed by atoms with Crippen LogP contribution in [0.15, 0.2) is 35.3 Å². The first-order valence-electron chi connectivity index (χ1n) is 7.08. The lowest BCUT2D eigenvalue weighted by atomic mass is 10.2. The Hall–Kier alpha value is -3.49. The van der Waals surface area contributed by atoms with E-state index in [-0.39, 0.29) is 22.3 Å². The van der Waals surface area contributed by atoms with Crippen molar-refractivity contribution in [2.75, 3.05) is 17.7 Å². The van der Waals surface area contributed by atoms with Crippen LogP contribution in [0.1, 0.15) is 16.1 Å². The van der Waals surface area contributed by atoms with Crippen molar-refractivity contribution in [3.8, 4) is 0 Å². The van der Waals surface area contributed by atoms with Gasteiger partial charge in [-0.25, -0.2) is 14.8 Å². The number of nitrogens with one attached hydrogen (secondary N) is 3. The van der Waals surface area contributed by atoms with Gasteiger partial charge in [-0.05, 0) is 24.3 Å². The number of carboxylic acids is 1. The van der Waals surface area contributed by atoms with Crippen LogP contribution in [-0.4, -0.2) is 38.1 Å². The minimum atomic E-state index is -0.977. The number of carboxylic acid groups (broad SMARTS) is 1. The number of benzene rings is 1. The monoisotopic (exact) mass is 326 g/mol. The van der Waals surface area contributed by atoms with Gasteiger partial charge in [-0.3, -0.25) is 9.78 Å². The molecule has 9 heteroatoms. The number of rotatable bonds is 5. The Morgan fingerprint density at radius 1 is 1.25 bits per heavy atom. The fourth-order valence-corrected chi connectivity index (χ4v) is 2.08. The molecule has 0 spiro atoms. The number of hydrogen-bond donors (Lipinski definition) is 4. The van der Waals surface area contributed by atoms with E-state index >= 15 is 0 Å². The van der Waals surface area contributed by atoms with Crippen molar-refractivity contribution >= 4 is 28.8 Å². The summed E-state index contributed by atoms with van der Waals surface area (Å²) in [7, 11) is 1.64. The number of carbonyl (C=O) groups is 1. The quantitative estimate of drug-likeness (QED) is 0.547. The first kappa shape index (κ1) is 15.4. The Balaban J connectivity index is 1.79. The molecular weight excluding hydrogens is 312 g/mol. The molecular formula is C15H14N6O3. The number of H-pyrrole nitrogens is 1. The van der Waals surface area contributed by atoms with Crippen LogP contribution < -0.4 is 16.2 Å². The number of nitrogens with zero attached hydrogens (tertiary/aromatic N) is 3. The van der Waals surface area contributed by atoms with Crippen molar-refractivity contribution in [3.63, 3.8) is 0 Å². The highest BCUT2D eigenvalue weighted by atomic mass is 16.4. The molecule has 0 fully saturated rings. The van der Waals surface area contributed by atoms with Crippen molar-refractivity contribution in [2.24, 2.45) is 0 Å². The van der Waals surface area contributed by atoms with Gasteiger partial charge in [0, 0.05) is 12.7 Å². The molecule has 9 nitrogen and oxygen atoms in total. The van der Waals surface area contributed by atoms with E-state index in [0.29, 0.717) is 18.2 Å². The number of hydrogen-bond acceptors (Lipinski definition) is 7. The van der Waals surface area contributed by atoms with Gasteiger partial charge in [0.2, 0.25) is 5.95 Å². The molecule has 1 aromatic carbocycles.